The number of aromatic nitrogens is 2. The summed E-state index contributed by atoms with van der Waals surface area (Å²) in [5, 5.41) is 15.9. The molecule has 1 atom stereocenters. The quantitative estimate of drug-likeness (QED) is 0.327. The van der Waals surface area contributed by atoms with Crippen molar-refractivity contribution >= 4 is 17.4 Å². The number of Topliss-reactive ketones (excluding diaryl/α,β-unsaturated/α-hetero) is 1. The van der Waals surface area contributed by atoms with Gasteiger partial charge in [-0.25, -0.2) is 0 Å². The number of hydrogen-bond acceptors (Lipinski definition) is 8. The Balaban J connectivity index is 1.88. The van der Waals surface area contributed by atoms with E-state index < -0.39 is 17.7 Å². The molecule has 0 radical (unpaired) electrons. The first-order chi connectivity index (χ1) is 17.7. The van der Waals surface area contributed by atoms with Crippen molar-refractivity contribution in [1.29, 1.82) is 0 Å². The van der Waals surface area contributed by atoms with Crippen LogP contribution < -0.4 is 14.2 Å². The summed E-state index contributed by atoms with van der Waals surface area (Å²) in [6, 6.07) is 2.61. The predicted molar refractivity (Wildman–Crippen MR) is 138 cm³/mol. The number of aliphatic hydroxyl groups is 1. The van der Waals surface area contributed by atoms with Gasteiger partial charge in [0.1, 0.15) is 5.76 Å². The largest absolute Gasteiger partial charge is 0.507 e. The van der Waals surface area contributed by atoms with Crippen molar-refractivity contribution in [2.45, 2.75) is 39.2 Å². The molecule has 2 fully saturated rings. The fraction of sp³-hybridized carbons (Fsp3) is 0.519. The standard InChI is InChI=1S/C27H36N4O6/c1-16-21(17(2)29(3)28-16)24(32)22-23(18-14-19(35-4)26(37-6)20(15-18)36-5)31(27(34)25(22)33)13-12-30-10-8-7-9-11-30/h14-15,23,32H,7-13H2,1-6H3/b24-22+. The van der Waals surface area contributed by atoms with Crippen LogP contribution in [0.2, 0.25) is 0 Å². The number of methoxy groups -OCH3 is 3. The number of nitrogens with zero attached hydrogens (tertiary/aromatic N) is 4. The van der Waals surface area contributed by atoms with Crippen LogP contribution in [0.3, 0.4) is 0 Å². The lowest BCUT2D eigenvalue weighted by Gasteiger charge is -2.31. The van der Waals surface area contributed by atoms with E-state index in [-0.39, 0.29) is 11.3 Å². The highest BCUT2D eigenvalue weighted by Crippen LogP contribution is 2.46. The predicted octanol–water partition coefficient (Wildman–Crippen LogP) is 2.97. The number of rotatable bonds is 8. The number of ether oxygens (including phenoxy) is 3. The summed E-state index contributed by atoms with van der Waals surface area (Å²) in [7, 11) is 6.30. The van der Waals surface area contributed by atoms with E-state index in [2.05, 4.69) is 10.00 Å². The van der Waals surface area contributed by atoms with Gasteiger partial charge in [-0.3, -0.25) is 14.3 Å². The van der Waals surface area contributed by atoms with Crippen molar-refractivity contribution in [3.8, 4) is 17.2 Å². The van der Waals surface area contributed by atoms with Crippen molar-refractivity contribution in [1.82, 2.24) is 19.6 Å². The van der Waals surface area contributed by atoms with Gasteiger partial charge < -0.3 is 29.1 Å². The summed E-state index contributed by atoms with van der Waals surface area (Å²) in [6.07, 6.45) is 3.44. The zero-order valence-electron chi connectivity index (χ0n) is 22.5. The van der Waals surface area contributed by atoms with Gasteiger partial charge in [0.15, 0.2) is 11.5 Å². The maximum Gasteiger partial charge on any atom is 0.295 e. The van der Waals surface area contributed by atoms with Gasteiger partial charge in [-0.1, -0.05) is 6.42 Å². The van der Waals surface area contributed by atoms with Crippen LogP contribution in [0.4, 0.5) is 0 Å². The molecule has 2 aliphatic heterocycles. The molecule has 2 aromatic rings. The molecule has 1 amide bonds. The van der Waals surface area contributed by atoms with Gasteiger partial charge in [-0.05, 0) is 57.5 Å². The van der Waals surface area contributed by atoms with Crippen molar-refractivity contribution in [2.24, 2.45) is 7.05 Å². The molecule has 0 aliphatic carbocycles. The van der Waals surface area contributed by atoms with Gasteiger partial charge in [0, 0.05) is 25.8 Å². The highest BCUT2D eigenvalue weighted by molar-refractivity contribution is 6.46. The third-order valence-electron chi connectivity index (χ3n) is 7.39. The van der Waals surface area contributed by atoms with Crippen LogP contribution in [-0.4, -0.2) is 83.9 Å². The maximum atomic E-state index is 13.5. The van der Waals surface area contributed by atoms with Gasteiger partial charge in [0.25, 0.3) is 11.7 Å². The second-order valence-corrected chi connectivity index (χ2v) is 9.52. The first-order valence-electron chi connectivity index (χ1n) is 12.5. The second-order valence-electron chi connectivity index (χ2n) is 9.52. The number of carbonyl (C=O) groups is 2. The average molecular weight is 513 g/mol. The average Bonchev–Trinajstić information content (AvgIpc) is 3.31. The van der Waals surface area contributed by atoms with Crippen LogP contribution in [0, 0.1) is 13.8 Å². The van der Waals surface area contributed by atoms with E-state index >= 15 is 0 Å². The lowest BCUT2D eigenvalue weighted by molar-refractivity contribution is -0.140. The fourth-order valence-electron chi connectivity index (χ4n) is 5.40. The molecule has 0 saturated carbocycles. The summed E-state index contributed by atoms with van der Waals surface area (Å²) in [6.45, 7) is 6.49. The molecule has 4 rings (SSSR count). The smallest absolute Gasteiger partial charge is 0.295 e. The number of likely N-dealkylation sites (tertiary alicyclic amines) is 2. The van der Waals surface area contributed by atoms with E-state index in [1.807, 2.05) is 6.92 Å². The lowest BCUT2D eigenvalue weighted by Crippen LogP contribution is -2.40. The Bertz CT molecular complexity index is 1200. The number of amides is 1. The van der Waals surface area contributed by atoms with E-state index in [1.165, 1.54) is 27.8 Å². The molecule has 0 bridgehead atoms. The Labute approximate surface area is 217 Å². The summed E-state index contributed by atoms with van der Waals surface area (Å²) in [4.78, 5) is 30.8. The first kappa shape index (κ1) is 26.5. The number of benzene rings is 1. The molecular formula is C27H36N4O6. The topological polar surface area (TPSA) is 106 Å². The third kappa shape index (κ3) is 4.77. The van der Waals surface area contributed by atoms with Crippen LogP contribution in [0.15, 0.2) is 17.7 Å². The minimum Gasteiger partial charge on any atom is -0.507 e. The number of hydrogen-bond donors (Lipinski definition) is 1. The van der Waals surface area contributed by atoms with Crippen LogP contribution in [0.25, 0.3) is 5.76 Å². The van der Waals surface area contributed by atoms with Gasteiger partial charge in [-0.15, -0.1) is 0 Å². The van der Waals surface area contributed by atoms with Gasteiger partial charge in [0.2, 0.25) is 5.75 Å². The summed E-state index contributed by atoms with van der Waals surface area (Å²) in [5.74, 6) is -0.410. The van der Waals surface area contributed by atoms with Crippen LogP contribution in [-0.2, 0) is 16.6 Å². The number of ketones is 1. The molecule has 2 aliphatic rings. The SMILES string of the molecule is COc1cc(C2/C(=C(\O)c3c(C)nn(C)c3C)C(=O)C(=O)N2CCN2CCCCC2)cc(OC)c1OC. The molecule has 3 heterocycles. The highest BCUT2D eigenvalue weighted by atomic mass is 16.5. The Morgan fingerprint density at radius 1 is 1.00 bits per heavy atom. The van der Waals surface area contributed by atoms with Crippen LogP contribution in [0.5, 0.6) is 17.2 Å². The highest BCUT2D eigenvalue weighted by Gasteiger charge is 2.47. The lowest BCUT2D eigenvalue weighted by atomic mass is 9.94. The molecule has 200 valence electrons. The normalized spacial score (nSPS) is 19.9. The van der Waals surface area contributed by atoms with E-state index in [4.69, 9.17) is 14.2 Å². The number of aryl methyl sites for hydroxylation is 2. The van der Waals surface area contributed by atoms with Crippen molar-refractivity contribution in [3.63, 3.8) is 0 Å². The molecule has 37 heavy (non-hydrogen) atoms. The Morgan fingerprint density at radius 2 is 1.62 bits per heavy atom. The monoisotopic (exact) mass is 512 g/mol. The van der Waals surface area contributed by atoms with E-state index in [1.54, 1.807) is 35.7 Å². The zero-order chi connectivity index (χ0) is 26.9. The van der Waals surface area contributed by atoms with Crippen LogP contribution >= 0.6 is 0 Å². The van der Waals surface area contributed by atoms with Gasteiger partial charge in [-0.2, -0.15) is 5.10 Å². The third-order valence-corrected chi connectivity index (χ3v) is 7.39. The Hall–Kier alpha value is -3.53. The minimum absolute atomic E-state index is 0.0251. The first-order valence-corrected chi connectivity index (χ1v) is 12.5. The molecule has 1 N–H and O–H groups in total. The van der Waals surface area contributed by atoms with Crippen molar-refractivity contribution in [2.75, 3.05) is 47.5 Å². The molecular weight excluding hydrogens is 476 g/mol. The fourth-order valence-corrected chi connectivity index (χ4v) is 5.40. The van der Waals surface area contributed by atoms with Gasteiger partial charge >= 0.3 is 0 Å². The maximum absolute atomic E-state index is 13.5. The number of aliphatic hydroxyl groups excluding tert-OH is 1. The van der Waals surface area contributed by atoms with Gasteiger partial charge in [0.05, 0.1) is 44.2 Å². The minimum atomic E-state index is -0.836. The molecule has 10 heteroatoms. The Morgan fingerprint density at radius 3 is 2.14 bits per heavy atom. The molecule has 1 aromatic heterocycles. The molecule has 1 aromatic carbocycles. The molecule has 1 unspecified atom stereocenters. The van der Waals surface area contributed by atoms with E-state index in [0.717, 1.165) is 25.9 Å². The summed E-state index contributed by atoms with van der Waals surface area (Å²) in [5.41, 5.74) is 2.32. The van der Waals surface area contributed by atoms with Crippen molar-refractivity contribution in [3.05, 3.63) is 40.2 Å². The van der Waals surface area contributed by atoms with E-state index in [0.29, 0.717) is 52.9 Å². The van der Waals surface area contributed by atoms with E-state index in [9.17, 15) is 14.7 Å². The molecule has 0 spiro atoms. The second kappa shape index (κ2) is 10.8. The number of carbonyl (C=O) groups excluding carboxylic acids is 2. The number of piperidine rings is 1. The van der Waals surface area contributed by atoms with Crippen LogP contribution in [0.1, 0.15) is 47.8 Å². The summed E-state index contributed by atoms with van der Waals surface area (Å²) >= 11 is 0. The zero-order valence-corrected chi connectivity index (χ0v) is 22.5. The molecule has 2 saturated heterocycles. The molecule has 10 nitrogen and oxygen atoms in total. The Kier molecular flexibility index (Phi) is 7.77. The summed E-state index contributed by atoms with van der Waals surface area (Å²) < 4.78 is 18.2. The van der Waals surface area contributed by atoms with Crippen molar-refractivity contribution < 1.29 is 28.9 Å².